The van der Waals surface area contributed by atoms with Gasteiger partial charge < -0.3 is 10.1 Å². The topological polar surface area (TPSA) is 62.1 Å². The molecule has 0 radical (unpaired) electrons. The summed E-state index contributed by atoms with van der Waals surface area (Å²) >= 11 is 5.88. The van der Waals surface area contributed by atoms with Crippen LogP contribution in [0.4, 0.5) is 5.69 Å². The zero-order valence-electron chi connectivity index (χ0n) is 11.6. The number of rotatable bonds is 3. The van der Waals surface area contributed by atoms with Gasteiger partial charge in [-0.1, -0.05) is 11.6 Å². The van der Waals surface area contributed by atoms with Gasteiger partial charge in [-0.15, -0.1) is 0 Å². The molecule has 0 aliphatic rings. The van der Waals surface area contributed by atoms with Crippen molar-refractivity contribution in [3.8, 4) is 11.8 Å². The Morgan fingerprint density at radius 2 is 2.05 bits per heavy atom. The summed E-state index contributed by atoms with van der Waals surface area (Å²) in [5.41, 5.74) is 2.29. The van der Waals surface area contributed by atoms with E-state index in [-0.39, 0.29) is 5.91 Å². The van der Waals surface area contributed by atoms with Gasteiger partial charge in [0, 0.05) is 16.7 Å². The molecule has 0 saturated carbocycles. The van der Waals surface area contributed by atoms with Crippen molar-refractivity contribution in [2.75, 3.05) is 12.4 Å². The molecule has 2 rings (SSSR count). The molecule has 0 aliphatic heterocycles. The van der Waals surface area contributed by atoms with Crippen LogP contribution in [0.25, 0.3) is 0 Å². The predicted octanol–water partition coefficient (Wildman–Crippen LogP) is 3.78. The fourth-order valence-electron chi connectivity index (χ4n) is 1.94. The molecule has 0 aliphatic carbocycles. The van der Waals surface area contributed by atoms with Gasteiger partial charge in [0.25, 0.3) is 5.91 Å². The summed E-state index contributed by atoms with van der Waals surface area (Å²) in [6, 6.07) is 11.9. The molecule has 0 heterocycles. The van der Waals surface area contributed by atoms with E-state index < -0.39 is 0 Å². The molecule has 106 valence electrons. The van der Waals surface area contributed by atoms with E-state index in [1.165, 1.54) is 7.11 Å². The van der Waals surface area contributed by atoms with Crippen LogP contribution in [0.2, 0.25) is 5.02 Å². The smallest absolute Gasteiger partial charge is 0.256 e. The van der Waals surface area contributed by atoms with E-state index in [9.17, 15) is 4.79 Å². The Balaban J connectivity index is 2.29. The summed E-state index contributed by atoms with van der Waals surface area (Å²) < 4.78 is 5.19. The van der Waals surface area contributed by atoms with Gasteiger partial charge in [-0.05, 0) is 42.8 Å². The van der Waals surface area contributed by atoms with E-state index in [2.05, 4.69) is 5.32 Å². The third kappa shape index (κ3) is 3.33. The largest absolute Gasteiger partial charge is 0.495 e. The first-order valence-electron chi connectivity index (χ1n) is 6.21. The molecule has 4 nitrogen and oxygen atoms in total. The summed E-state index contributed by atoms with van der Waals surface area (Å²) in [7, 11) is 1.49. The summed E-state index contributed by atoms with van der Waals surface area (Å²) in [4.78, 5) is 12.3. The molecule has 0 bridgehead atoms. The normalized spacial score (nSPS) is 9.81. The molecule has 0 fully saturated rings. The van der Waals surface area contributed by atoms with Gasteiger partial charge in [0.15, 0.2) is 0 Å². The molecule has 1 N–H and O–H groups in total. The fraction of sp³-hybridized carbons (Fsp3) is 0.125. The Morgan fingerprint density at radius 1 is 1.29 bits per heavy atom. The molecular formula is C16H13ClN2O2. The van der Waals surface area contributed by atoms with Crippen LogP contribution in [-0.4, -0.2) is 13.0 Å². The van der Waals surface area contributed by atoms with Crippen LogP contribution in [0, 0.1) is 18.3 Å². The van der Waals surface area contributed by atoms with E-state index in [4.69, 9.17) is 21.6 Å². The minimum absolute atomic E-state index is 0.257. The average Bonchev–Trinajstić information content (AvgIpc) is 2.47. The van der Waals surface area contributed by atoms with E-state index in [0.29, 0.717) is 27.6 Å². The van der Waals surface area contributed by atoms with Crippen LogP contribution in [0.5, 0.6) is 5.75 Å². The Bertz CT molecular complexity index is 736. The maximum atomic E-state index is 12.3. The zero-order valence-corrected chi connectivity index (χ0v) is 12.4. The molecule has 0 unspecified atom stereocenters. The minimum atomic E-state index is -0.257. The van der Waals surface area contributed by atoms with Gasteiger partial charge in [0.1, 0.15) is 5.75 Å². The van der Waals surface area contributed by atoms with Crippen molar-refractivity contribution in [2.45, 2.75) is 6.92 Å². The molecule has 2 aromatic rings. The second kappa shape index (κ2) is 6.29. The maximum Gasteiger partial charge on any atom is 0.256 e. The molecule has 21 heavy (non-hydrogen) atoms. The number of carbonyl (C=O) groups excluding carboxylic acids is 1. The molecule has 0 aromatic heterocycles. The van der Waals surface area contributed by atoms with Crippen molar-refractivity contribution in [3.05, 3.63) is 58.1 Å². The third-order valence-electron chi connectivity index (χ3n) is 3.01. The van der Waals surface area contributed by atoms with Crippen LogP contribution in [0.3, 0.4) is 0 Å². The Hall–Kier alpha value is -2.51. The van der Waals surface area contributed by atoms with Gasteiger partial charge in [-0.3, -0.25) is 4.79 Å². The Morgan fingerprint density at radius 3 is 2.67 bits per heavy atom. The maximum absolute atomic E-state index is 12.3. The number of benzene rings is 2. The highest BCUT2D eigenvalue weighted by Gasteiger charge is 2.12. The predicted molar refractivity (Wildman–Crippen MR) is 81.9 cm³/mol. The molecule has 5 heteroatoms. The number of anilines is 1. The van der Waals surface area contributed by atoms with Gasteiger partial charge >= 0.3 is 0 Å². The van der Waals surface area contributed by atoms with Crippen LogP contribution < -0.4 is 10.1 Å². The second-order valence-corrected chi connectivity index (χ2v) is 4.88. The van der Waals surface area contributed by atoms with Crippen molar-refractivity contribution in [1.29, 1.82) is 5.26 Å². The molecule has 2 aromatic carbocycles. The van der Waals surface area contributed by atoms with Crippen molar-refractivity contribution in [3.63, 3.8) is 0 Å². The van der Waals surface area contributed by atoms with Crippen molar-refractivity contribution in [1.82, 2.24) is 0 Å². The van der Waals surface area contributed by atoms with Crippen LogP contribution in [0.15, 0.2) is 36.4 Å². The molecule has 0 saturated heterocycles. The van der Waals surface area contributed by atoms with Crippen molar-refractivity contribution >= 4 is 23.2 Å². The second-order valence-electron chi connectivity index (χ2n) is 4.44. The first-order chi connectivity index (χ1) is 10.0. The van der Waals surface area contributed by atoms with Gasteiger partial charge in [-0.25, -0.2) is 0 Å². The van der Waals surface area contributed by atoms with E-state index >= 15 is 0 Å². The average molecular weight is 301 g/mol. The highest BCUT2D eigenvalue weighted by molar-refractivity contribution is 6.30. The van der Waals surface area contributed by atoms with E-state index in [1.54, 1.807) is 36.4 Å². The van der Waals surface area contributed by atoms with Crippen LogP contribution in [-0.2, 0) is 0 Å². The summed E-state index contributed by atoms with van der Waals surface area (Å²) in [5, 5.41) is 12.2. The fourth-order valence-corrected chi connectivity index (χ4v) is 2.16. The number of amides is 1. The minimum Gasteiger partial charge on any atom is -0.495 e. The third-order valence-corrected chi connectivity index (χ3v) is 3.25. The quantitative estimate of drug-likeness (QED) is 0.938. The zero-order chi connectivity index (χ0) is 15.4. The van der Waals surface area contributed by atoms with E-state index in [1.807, 2.05) is 13.0 Å². The van der Waals surface area contributed by atoms with Crippen molar-refractivity contribution < 1.29 is 9.53 Å². The number of nitriles is 1. The van der Waals surface area contributed by atoms with Crippen molar-refractivity contribution in [2.24, 2.45) is 0 Å². The SMILES string of the molecule is COc1cc(C#N)ccc1NC(=O)c1ccc(Cl)cc1C. The number of hydrogen-bond donors (Lipinski definition) is 1. The standard InChI is InChI=1S/C16H13ClN2O2/c1-10-7-12(17)4-5-13(10)16(20)19-14-6-3-11(9-18)8-15(14)21-2/h3-8H,1-2H3,(H,19,20). The van der Waals surface area contributed by atoms with E-state index in [0.717, 1.165) is 5.56 Å². The lowest BCUT2D eigenvalue weighted by atomic mass is 10.1. The molecule has 0 atom stereocenters. The number of carbonyl (C=O) groups is 1. The van der Waals surface area contributed by atoms with Crippen LogP contribution >= 0.6 is 11.6 Å². The Kier molecular flexibility index (Phi) is 4.46. The van der Waals surface area contributed by atoms with Gasteiger partial charge in [0.05, 0.1) is 24.4 Å². The number of nitrogens with zero attached hydrogens (tertiary/aromatic N) is 1. The summed E-state index contributed by atoms with van der Waals surface area (Å²) in [6.07, 6.45) is 0. The number of hydrogen-bond acceptors (Lipinski definition) is 3. The van der Waals surface area contributed by atoms with Gasteiger partial charge in [0.2, 0.25) is 0 Å². The molecule has 1 amide bonds. The number of methoxy groups -OCH3 is 1. The number of aryl methyl sites for hydroxylation is 1. The molecule has 0 spiro atoms. The van der Waals surface area contributed by atoms with Crippen LogP contribution in [0.1, 0.15) is 21.5 Å². The molecular weight excluding hydrogens is 288 g/mol. The highest BCUT2D eigenvalue weighted by Crippen LogP contribution is 2.26. The lowest BCUT2D eigenvalue weighted by Crippen LogP contribution is -2.14. The summed E-state index contributed by atoms with van der Waals surface area (Å²) in [5.74, 6) is 0.182. The number of ether oxygens (including phenoxy) is 1. The first kappa shape index (κ1) is 14.9. The monoisotopic (exact) mass is 300 g/mol. The Labute approximate surface area is 127 Å². The van der Waals surface area contributed by atoms with Gasteiger partial charge in [-0.2, -0.15) is 5.26 Å². The summed E-state index contributed by atoms with van der Waals surface area (Å²) in [6.45, 7) is 1.82. The lowest BCUT2D eigenvalue weighted by Gasteiger charge is -2.11. The number of nitrogens with one attached hydrogen (secondary N) is 1. The lowest BCUT2D eigenvalue weighted by molar-refractivity contribution is 0.102. The number of halogens is 1. The first-order valence-corrected chi connectivity index (χ1v) is 6.58. The highest BCUT2D eigenvalue weighted by atomic mass is 35.5.